The van der Waals surface area contributed by atoms with Crippen LogP contribution in [0.15, 0.2) is 22.7 Å². The third kappa shape index (κ3) is 2.89. The summed E-state index contributed by atoms with van der Waals surface area (Å²) >= 11 is 3.56. The average molecular weight is 311 g/mol. The lowest BCUT2D eigenvalue weighted by molar-refractivity contribution is 0.151. The summed E-state index contributed by atoms with van der Waals surface area (Å²) in [6.45, 7) is 0.835. The Morgan fingerprint density at radius 2 is 2.11 bits per heavy atom. The molecular weight excluding hydrogens is 292 g/mol. The number of aliphatic hydroxyl groups is 1. The molecule has 2 aliphatic carbocycles. The number of hydrogen-bond donors (Lipinski definition) is 1. The van der Waals surface area contributed by atoms with E-state index < -0.39 is 5.60 Å². The van der Waals surface area contributed by atoms with Gasteiger partial charge in [-0.05, 0) is 65.2 Å². The van der Waals surface area contributed by atoms with Crippen LogP contribution in [0.4, 0.5) is 0 Å². The number of halogens is 1. The summed E-state index contributed by atoms with van der Waals surface area (Å²) in [5.74, 6) is 1.68. The Morgan fingerprint density at radius 1 is 1.33 bits per heavy atom. The molecule has 0 spiro atoms. The van der Waals surface area contributed by atoms with E-state index in [1.54, 1.807) is 0 Å². The second-order valence-corrected chi connectivity index (χ2v) is 6.63. The van der Waals surface area contributed by atoms with Gasteiger partial charge >= 0.3 is 0 Å². The summed E-state index contributed by atoms with van der Waals surface area (Å²) in [5.41, 5.74) is 0.756. The summed E-state index contributed by atoms with van der Waals surface area (Å²) in [7, 11) is 0. The molecule has 18 heavy (non-hydrogen) atoms. The van der Waals surface area contributed by atoms with Crippen LogP contribution in [-0.2, 0) is 6.42 Å². The molecule has 0 aromatic heterocycles. The summed E-state index contributed by atoms with van der Waals surface area (Å²) in [4.78, 5) is 0. The number of benzene rings is 1. The largest absolute Gasteiger partial charge is 0.492 e. The van der Waals surface area contributed by atoms with E-state index in [-0.39, 0.29) is 0 Å². The van der Waals surface area contributed by atoms with Crippen molar-refractivity contribution in [2.45, 2.75) is 44.1 Å². The lowest BCUT2D eigenvalue weighted by Gasteiger charge is -2.25. The molecule has 0 saturated heterocycles. The van der Waals surface area contributed by atoms with Crippen molar-refractivity contribution in [3.05, 3.63) is 28.2 Å². The maximum absolute atomic E-state index is 9.91. The molecule has 3 heteroatoms. The van der Waals surface area contributed by atoms with E-state index in [4.69, 9.17) is 4.74 Å². The third-order valence-corrected chi connectivity index (χ3v) is 4.68. The predicted molar refractivity (Wildman–Crippen MR) is 74.9 cm³/mol. The van der Waals surface area contributed by atoms with Crippen molar-refractivity contribution in [1.29, 1.82) is 0 Å². The lowest BCUT2D eigenvalue weighted by atomic mass is 9.86. The molecule has 3 rings (SSSR count). The van der Waals surface area contributed by atoms with E-state index in [9.17, 15) is 5.11 Å². The van der Waals surface area contributed by atoms with Crippen molar-refractivity contribution in [3.8, 4) is 5.75 Å². The summed E-state index contributed by atoms with van der Waals surface area (Å²) in [5, 5.41) is 9.91. The van der Waals surface area contributed by atoms with Crippen LogP contribution in [0.1, 0.15) is 37.7 Å². The zero-order chi connectivity index (χ0) is 12.6. The summed E-state index contributed by atoms with van der Waals surface area (Å²) in [6, 6.07) is 6.16. The first-order valence-electron chi connectivity index (χ1n) is 6.78. The Kier molecular flexibility index (Phi) is 3.37. The highest BCUT2D eigenvalue weighted by atomic mass is 79.9. The second kappa shape index (κ2) is 4.86. The molecule has 1 N–H and O–H groups in total. The van der Waals surface area contributed by atoms with Crippen molar-refractivity contribution < 1.29 is 9.84 Å². The molecule has 0 aliphatic heterocycles. The molecule has 1 aromatic carbocycles. The Balaban J connectivity index is 1.60. The molecule has 98 valence electrons. The van der Waals surface area contributed by atoms with Crippen LogP contribution in [0, 0.1) is 5.92 Å². The fraction of sp³-hybridized carbons (Fsp3) is 0.600. The highest BCUT2D eigenvalue weighted by molar-refractivity contribution is 9.10. The maximum atomic E-state index is 9.91. The lowest BCUT2D eigenvalue weighted by Crippen LogP contribution is -2.19. The van der Waals surface area contributed by atoms with E-state index in [1.807, 2.05) is 6.07 Å². The molecule has 2 nitrogen and oxygen atoms in total. The van der Waals surface area contributed by atoms with Gasteiger partial charge in [0, 0.05) is 6.42 Å². The summed E-state index contributed by atoms with van der Waals surface area (Å²) < 4.78 is 6.84. The van der Waals surface area contributed by atoms with Crippen LogP contribution in [0.5, 0.6) is 5.75 Å². The van der Waals surface area contributed by atoms with E-state index in [2.05, 4.69) is 28.1 Å². The molecule has 0 atom stereocenters. The van der Waals surface area contributed by atoms with Crippen LogP contribution < -0.4 is 4.74 Å². The fourth-order valence-corrected chi connectivity index (χ4v) is 2.88. The molecule has 0 radical (unpaired) electrons. The quantitative estimate of drug-likeness (QED) is 0.898. The van der Waals surface area contributed by atoms with Gasteiger partial charge in [-0.25, -0.2) is 0 Å². The van der Waals surface area contributed by atoms with Crippen molar-refractivity contribution in [3.63, 3.8) is 0 Å². The van der Waals surface area contributed by atoms with Gasteiger partial charge in [0.15, 0.2) is 0 Å². The normalized spacial score (nSPS) is 21.4. The molecule has 0 bridgehead atoms. The molecular formula is C15H19BrO2. The van der Waals surface area contributed by atoms with Gasteiger partial charge in [-0.15, -0.1) is 0 Å². The van der Waals surface area contributed by atoms with Crippen LogP contribution in [0.3, 0.4) is 0 Å². The average Bonchev–Trinajstić information content (AvgIpc) is 2.97. The van der Waals surface area contributed by atoms with Crippen molar-refractivity contribution in [2.24, 2.45) is 5.92 Å². The van der Waals surface area contributed by atoms with Crippen molar-refractivity contribution in [1.82, 2.24) is 0 Å². The van der Waals surface area contributed by atoms with E-state index >= 15 is 0 Å². The van der Waals surface area contributed by atoms with Gasteiger partial charge in [0.05, 0.1) is 16.7 Å². The van der Waals surface area contributed by atoms with Gasteiger partial charge in [-0.2, -0.15) is 0 Å². The maximum Gasteiger partial charge on any atom is 0.133 e. The number of rotatable bonds is 5. The minimum atomic E-state index is -0.423. The van der Waals surface area contributed by atoms with Crippen LogP contribution >= 0.6 is 15.9 Å². The van der Waals surface area contributed by atoms with E-state index in [1.165, 1.54) is 24.8 Å². The topological polar surface area (TPSA) is 29.5 Å². The third-order valence-electron chi connectivity index (χ3n) is 4.06. The zero-order valence-electron chi connectivity index (χ0n) is 10.5. The molecule has 2 aliphatic rings. The molecule has 2 fully saturated rings. The Morgan fingerprint density at radius 3 is 2.67 bits per heavy atom. The minimum absolute atomic E-state index is 0.423. The first-order chi connectivity index (χ1) is 8.65. The van der Waals surface area contributed by atoms with Crippen LogP contribution in [0.2, 0.25) is 0 Å². The van der Waals surface area contributed by atoms with Gasteiger partial charge in [-0.3, -0.25) is 0 Å². The molecule has 2 saturated carbocycles. The Hall–Kier alpha value is -0.540. The van der Waals surface area contributed by atoms with Gasteiger partial charge < -0.3 is 9.84 Å². The highest BCUT2D eigenvalue weighted by Crippen LogP contribution is 2.39. The standard InChI is InChI=1S/C15H19BrO2/c16-13-8-12(9-15(17)6-7-15)4-5-14(13)18-10-11-2-1-3-11/h4-5,8,11,17H,1-3,6-7,9-10H2. The molecule has 0 unspecified atom stereocenters. The highest BCUT2D eigenvalue weighted by Gasteiger charge is 2.40. The SMILES string of the molecule is OC1(Cc2ccc(OCC3CCC3)c(Br)c2)CC1. The Labute approximate surface area is 116 Å². The molecule has 1 aromatic rings. The first-order valence-corrected chi connectivity index (χ1v) is 7.58. The first kappa shape index (κ1) is 12.5. The van der Waals surface area contributed by atoms with Crippen LogP contribution in [0.25, 0.3) is 0 Å². The smallest absolute Gasteiger partial charge is 0.133 e. The van der Waals surface area contributed by atoms with E-state index in [0.29, 0.717) is 0 Å². The minimum Gasteiger partial charge on any atom is -0.492 e. The summed E-state index contributed by atoms with van der Waals surface area (Å²) in [6.07, 6.45) is 6.60. The van der Waals surface area contributed by atoms with Crippen LogP contribution in [-0.4, -0.2) is 17.3 Å². The fourth-order valence-electron chi connectivity index (χ4n) is 2.34. The zero-order valence-corrected chi connectivity index (χ0v) is 12.1. The van der Waals surface area contributed by atoms with Gasteiger partial charge in [0.1, 0.15) is 5.75 Å². The van der Waals surface area contributed by atoms with Gasteiger partial charge in [-0.1, -0.05) is 12.5 Å². The molecule has 0 heterocycles. The van der Waals surface area contributed by atoms with Gasteiger partial charge in [0.2, 0.25) is 0 Å². The Bertz CT molecular complexity index is 436. The second-order valence-electron chi connectivity index (χ2n) is 5.77. The predicted octanol–water partition coefficient (Wildman–Crippen LogP) is 3.70. The van der Waals surface area contributed by atoms with E-state index in [0.717, 1.165) is 42.0 Å². The van der Waals surface area contributed by atoms with Crippen molar-refractivity contribution in [2.75, 3.05) is 6.61 Å². The molecule has 0 amide bonds. The number of ether oxygens (including phenoxy) is 1. The monoisotopic (exact) mass is 310 g/mol. The van der Waals surface area contributed by atoms with Crippen molar-refractivity contribution >= 4 is 15.9 Å². The number of hydrogen-bond acceptors (Lipinski definition) is 2. The van der Waals surface area contributed by atoms with Gasteiger partial charge in [0.25, 0.3) is 0 Å².